The number of primary amides is 1. The number of benzene rings is 3. The number of nitrogens with two attached hydrogens (primary N) is 1. The molecule has 0 fully saturated rings. The lowest BCUT2D eigenvalue weighted by Crippen LogP contribution is -2.40. The zero-order valence-corrected chi connectivity index (χ0v) is 16.3. The number of urea groups is 1. The van der Waals surface area contributed by atoms with Crippen LogP contribution in [0.25, 0.3) is 0 Å². The van der Waals surface area contributed by atoms with Crippen molar-refractivity contribution in [2.75, 3.05) is 5.32 Å². The third kappa shape index (κ3) is 5.34. The fourth-order valence-electron chi connectivity index (χ4n) is 2.56. The standard InChI is InChI=1S/C21H18BrN3O3/c22-15-6-10-17(11-7-15)28-18-12-8-16(9-13-18)24-19(20(26)25-21(23)27)14-4-2-1-3-5-14/h1-13,19,24H,(H3,23,25,26,27)/t19-/m0/s1. The summed E-state index contributed by atoms with van der Waals surface area (Å²) in [7, 11) is 0. The van der Waals surface area contributed by atoms with Gasteiger partial charge in [-0.15, -0.1) is 0 Å². The van der Waals surface area contributed by atoms with E-state index in [1.165, 1.54) is 0 Å². The van der Waals surface area contributed by atoms with Crippen molar-refractivity contribution < 1.29 is 14.3 Å². The largest absolute Gasteiger partial charge is 0.457 e. The van der Waals surface area contributed by atoms with E-state index in [0.29, 0.717) is 22.7 Å². The molecule has 0 saturated carbocycles. The molecular formula is C21H18BrN3O3. The van der Waals surface area contributed by atoms with E-state index < -0.39 is 18.0 Å². The summed E-state index contributed by atoms with van der Waals surface area (Å²) in [5.74, 6) is 0.839. The van der Waals surface area contributed by atoms with Crippen molar-refractivity contribution in [1.82, 2.24) is 5.32 Å². The summed E-state index contributed by atoms with van der Waals surface area (Å²) in [6.45, 7) is 0. The predicted octanol–water partition coefficient (Wildman–Crippen LogP) is 4.59. The summed E-state index contributed by atoms with van der Waals surface area (Å²) >= 11 is 3.38. The molecule has 6 nitrogen and oxygen atoms in total. The fourth-order valence-corrected chi connectivity index (χ4v) is 2.83. The van der Waals surface area contributed by atoms with Crippen LogP contribution in [0.1, 0.15) is 11.6 Å². The van der Waals surface area contributed by atoms with Gasteiger partial charge in [-0.05, 0) is 54.1 Å². The molecule has 3 rings (SSSR count). The van der Waals surface area contributed by atoms with Crippen LogP contribution in [0.15, 0.2) is 83.3 Å². The van der Waals surface area contributed by atoms with Crippen molar-refractivity contribution in [2.24, 2.45) is 5.73 Å². The van der Waals surface area contributed by atoms with Gasteiger partial charge in [0.05, 0.1) is 0 Å². The number of ether oxygens (including phenoxy) is 1. The number of imide groups is 1. The highest BCUT2D eigenvalue weighted by atomic mass is 79.9. The molecule has 28 heavy (non-hydrogen) atoms. The van der Waals surface area contributed by atoms with Gasteiger partial charge in [-0.2, -0.15) is 0 Å². The average molecular weight is 440 g/mol. The van der Waals surface area contributed by atoms with Gasteiger partial charge in [0.15, 0.2) is 0 Å². The van der Waals surface area contributed by atoms with Crippen molar-refractivity contribution in [1.29, 1.82) is 0 Å². The van der Waals surface area contributed by atoms with E-state index in [-0.39, 0.29) is 0 Å². The predicted molar refractivity (Wildman–Crippen MR) is 111 cm³/mol. The summed E-state index contributed by atoms with van der Waals surface area (Å²) in [6.07, 6.45) is 0. The number of hydrogen-bond donors (Lipinski definition) is 3. The third-order valence-corrected chi connectivity index (χ3v) is 4.38. The molecular weight excluding hydrogens is 422 g/mol. The Kier molecular flexibility index (Phi) is 6.29. The Morgan fingerprint density at radius 1 is 0.857 bits per heavy atom. The Balaban J connectivity index is 1.74. The van der Waals surface area contributed by atoms with E-state index in [0.717, 1.165) is 4.47 Å². The van der Waals surface area contributed by atoms with Crippen molar-refractivity contribution in [3.63, 3.8) is 0 Å². The molecule has 4 N–H and O–H groups in total. The van der Waals surface area contributed by atoms with Crippen LogP contribution in [-0.2, 0) is 4.79 Å². The number of amides is 3. The van der Waals surface area contributed by atoms with Gasteiger partial charge in [0.1, 0.15) is 17.5 Å². The average Bonchev–Trinajstić information content (AvgIpc) is 2.69. The molecule has 0 spiro atoms. The molecule has 3 amide bonds. The minimum atomic E-state index is -0.897. The summed E-state index contributed by atoms with van der Waals surface area (Å²) in [5.41, 5.74) is 6.48. The van der Waals surface area contributed by atoms with Crippen LogP contribution in [-0.4, -0.2) is 11.9 Å². The smallest absolute Gasteiger partial charge is 0.318 e. The molecule has 0 aliphatic heterocycles. The number of nitrogens with one attached hydrogen (secondary N) is 2. The van der Waals surface area contributed by atoms with Gasteiger partial charge >= 0.3 is 6.03 Å². The molecule has 0 heterocycles. The van der Waals surface area contributed by atoms with Crippen molar-refractivity contribution in [2.45, 2.75) is 6.04 Å². The van der Waals surface area contributed by atoms with Crippen LogP contribution in [0.2, 0.25) is 0 Å². The van der Waals surface area contributed by atoms with Crippen LogP contribution < -0.4 is 21.1 Å². The van der Waals surface area contributed by atoms with Crippen LogP contribution in [0.3, 0.4) is 0 Å². The Labute approximate surface area is 170 Å². The zero-order valence-electron chi connectivity index (χ0n) is 14.8. The fraction of sp³-hybridized carbons (Fsp3) is 0.0476. The van der Waals surface area contributed by atoms with Gasteiger partial charge in [0.25, 0.3) is 5.91 Å². The minimum absolute atomic E-state index is 0.533. The Morgan fingerprint density at radius 3 is 2.00 bits per heavy atom. The molecule has 7 heteroatoms. The number of carbonyl (C=O) groups excluding carboxylic acids is 2. The summed E-state index contributed by atoms with van der Waals surface area (Å²) in [6, 6.07) is 22.1. The first kappa shape index (κ1) is 19.4. The second-order valence-corrected chi connectivity index (χ2v) is 6.84. The van der Waals surface area contributed by atoms with E-state index in [9.17, 15) is 9.59 Å². The van der Waals surface area contributed by atoms with Crippen LogP contribution >= 0.6 is 15.9 Å². The van der Waals surface area contributed by atoms with E-state index >= 15 is 0 Å². The zero-order chi connectivity index (χ0) is 19.9. The van der Waals surface area contributed by atoms with E-state index in [1.54, 1.807) is 36.4 Å². The lowest BCUT2D eigenvalue weighted by molar-refractivity contribution is -0.120. The molecule has 0 aromatic heterocycles. The monoisotopic (exact) mass is 439 g/mol. The second-order valence-electron chi connectivity index (χ2n) is 5.92. The maximum atomic E-state index is 12.4. The first-order chi connectivity index (χ1) is 13.5. The van der Waals surface area contributed by atoms with Crippen LogP contribution in [0.4, 0.5) is 10.5 Å². The Hall–Kier alpha value is -3.32. The topological polar surface area (TPSA) is 93.5 Å². The van der Waals surface area contributed by atoms with Gasteiger partial charge < -0.3 is 15.8 Å². The molecule has 0 saturated heterocycles. The highest BCUT2D eigenvalue weighted by Gasteiger charge is 2.21. The lowest BCUT2D eigenvalue weighted by Gasteiger charge is -2.19. The van der Waals surface area contributed by atoms with Gasteiger partial charge in [-0.3, -0.25) is 10.1 Å². The first-order valence-corrected chi connectivity index (χ1v) is 9.26. The quantitative estimate of drug-likeness (QED) is 0.523. The summed E-state index contributed by atoms with van der Waals surface area (Å²) < 4.78 is 6.76. The lowest BCUT2D eigenvalue weighted by atomic mass is 10.1. The van der Waals surface area contributed by atoms with E-state index in [4.69, 9.17) is 10.5 Å². The number of rotatable bonds is 6. The number of hydrogen-bond acceptors (Lipinski definition) is 4. The van der Waals surface area contributed by atoms with Crippen LogP contribution in [0.5, 0.6) is 11.5 Å². The highest BCUT2D eigenvalue weighted by Crippen LogP contribution is 2.26. The van der Waals surface area contributed by atoms with Crippen LogP contribution in [0, 0.1) is 0 Å². The van der Waals surface area contributed by atoms with Crippen molar-refractivity contribution in [3.05, 3.63) is 88.9 Å². The second kappa shape index (κ2) is 9.05. The van der Waals surface area contributed by atoms with Gasteiger partial charge in [0, 0.05) is 10.2 Å². The molecule has 0 aliphatic rings. The third-order valence-electron chi connectivity index (χ3n) is 3.86. The maximum Gasteiger partial charge on any atom is 0.318 e. The van der Waals surface area contributed by atoms with Gasteiger partial charge in [-0.25, -0.2) is 4.79 Å². The molecule has 142 valence electrons. The Morgan fingerprint density at radius 2 is 1.43 bits per heavy atom. The maximum absolute atomic E-state index is 12.4. The van der Waals surface area contributed by atoms with E-state index in [1.807, 2.05) is 42.5 Å². The van der Waals surface area contributed by atoms with Gasteiger partial charge in [-0.1, -0.05) is 46.3 Å². The summed E-state index contributed by atoms with van der Waals surface area (Å²) in [4.78, 5) is 23.5. The molecule has 3 aromatic rings. The van der Waals surface area contributed by atoms with Crippen molar-refractivity contribution >= 4 is 33.6 Å². The van der Waals surface area contributed by atoms with E-state index in [2.05, 4.69) is 26.6 Å². The SMILES string of the molecule is NC(=O)NC(=O)[C@@H](Nc1ccc(Oc2ccc(Br)cc2)cc1)c1ccccc1. The molecule has 0 unspecified atom stereocenters. The Bertz CT molecular complexity index is 945. The molecule has 3 aromatic carbocycles. The minimum Gasteiger partial charge on any atom is -0.457 e. The highest BCUT2D eigenvalue weighted by molar-refractivity contribution is 9.10. The first-order valence-electron chi connectivity index (χ1n) is 8.46. The number of halogens is 1. The number of carbonyl (C=O) groups is 2. The molecule has 0 radical (unpaired) electrons. The summed E-state index contributed by atoms with van der Waals surface area (Å²) in [5, 5.41) is 5.24. The number of anilines is 1. The normalized spacial score (nSPS) is 11.3. The van der Waals surface area contributed by atoms with Crippen molar-refractivity contribution in [3.8, 4) is 11.5 Å². The van der Waals surface area contributed by atoms with Gasteiger partial charge in [0.2, 0.25) is 0 Å². The molecule has 1 atom stereocenters. The molecule has 0 aliphatic carbocycles. The molecule has 0 bridgehead atoms.